The molecule has 110 valence electrons. The molecule has 0 atom stereocenters. The van der Waals surface area contributed by atoms with Crippen LogP contribution in [0.3, 0.4) is 0 Å². The number of hydrogen-bond acceptors (Lipinski definition) is 5. The SMILES string of the molecule is CNc1nc(C)c([N+](=O)[O-])c(-c2c(F)ccc(C)c2F)n1. The van der Waals surface area contributed by atoms with Gasteiger partial charge in [-0.15, -0.1) is 0 Å². The number of nitrogens with one attached hydrogen (secondary N) is 1. The van der Waals surface area contributed by atoms with Crippen molar-refractivity contribution in [3.8, 4) is 11.3 Å². The molecule has 0 radical (unpaired) electrons. The Hall–Kier alpha value is -2.64. The molecule has 0 aliphatic heterocycles. The molecular formula is C13H12F2N4O2. The minimum Gasteiger partial charge on any atom is -0.357 e. The van der Waals surface area contributed by atoms with Crippen molar-refractivity contribution in [2.75, 3.05) is 12.4 Å². The first-order chi connectivity index (χ1) is 9.86. The third-order valence-electron chi connectivity index (χ3n) is 2.99. The van der Waals surface area contributed by atoms with Crippen LogP contribution in [0.4, 0.5) is 20.4 Å². The average Bonchev–Trinajstić information content (AvgIpc) is 2.42. The van der Waals surface area contributed by atoms with E-state index in [1.54, 1.807) is 0 Å². The molecule has 0 spiro atoms. The topological polar surface area (TPSA) is 81.0 Å². The van der Waals surface area contributed by atoms with Crippen molar-refractivity contribution >= 4 is 11.6 Å². The smallest absolute Gasteiger partial charge is 0.316 e. The minimum absolute atomic E-state index is 0.0228. The highest BCUT2D eigenvalue weighted by Crippen LogP contribution is 2.35. The monoisotopic (exact) mass is 294 g/mol. The van der Waals surface area contributed by atoms with Crippen LogP contribution in [0.1, 0.15) is 11.3 Å². The molecule has 1 aromatic carbocycles. The summed E-state index contributed by atoms with van der Waals surface area (Å²) >= 11 is 0. The zero-order chi connectivity index (χ0) is 15.7. The number of hydrogen-bond donors (Lipinski definition) is 1. The first-order valence-corrected chi connectivity index (χ1v) is 6.02. The number of aryl methyl sites for hydroxylation is 2. The number of rotatable bonds is 3. The largest absolute Gasteiger partial charge is 0.357 e. The van der Waals surface area contributed by atoms with Gasteiger partial charge in [-0.3, -0.25) is 10.1 Å². The lowest BCUT2D eigenvalue weighted by molar-refractivity contribution is -0.385. The summed E-state index contributed by atoms with van der Waals surface area (Å²) in [5, 5.41) is 13.8. The van der Waals surface area contributed by atoms with Crippen LogP contribution < -0.4 is 5.32 Å². The van der Waals surface area contributed by atoms with Gasteiger partial charge in [0.25, 0.3) is 0 Å². The van der Waals surface area contributed by atoms with Gasteiger partial charge in [-0.25, -0.2) is 18.7 Å². The molecule has 1 aromatic heterocycles. The maximum Gasteiger partial charge on any atom is 0.316 e. The predicted octanol–water partition coefficient (Wildman–Crippen LogP) is 2.99. The molecule has 6 nitrogen and oxygen atoms in total. The van der Waals surface area contributed by atoms with Gasteiger partial charge in [0, 0.05) is 7.05 Å². The lowest BCUT2D eigenvalue weighted by atomic mass is 10.0. The Bertz CT molecular complexity index is 735. The normalized spacial score (nSPS) is 10.5. The van der Waals surface area contributed by atoms with E-state index in [0.717, 1.165) is 6.07 Å². The molecule has 0 fully saturated rings. The second-order valence-corrected chi connectivity index (χ2v) is 4.39. The van der Waals surface area contributed by atoms with Crippen molar-refractivity contribution < 1.29 is 13.7 Å². The van der Waals surface area contributed by atoms with E-state index in [1.165, 1.54) is 27.0 Å². The average molecular weight is 294 g/mol. The van der Waals surface area contributed by atoms with E-state index in [-0.39, 0.29) is 22.9 Å². The van der Waals surface area contributed by atoms with Crippen LogP contribution in [0.15, 0.2) is 12.1 Å². The first kappa shape index (κ1) is 14.8. The van der Waals surface area contributed by atoms with Crippen LogP contribution in [0.25, 0.3) is 11.3 Å². The van der Waals surface area contributed by atoms with Gasteiger partial charge in [-0.1, -0.05) is 6.07 Å². The summed E-state index contributed by atoms with van der Waals surface area (Å²) in [6.45, 7) is 2.83. The van der Waals surface area contributed by atoms with Gasteiger partial charge in [0.15, 0.2) is 5.69 Å². The van der Waals surface area contributed by atoms with Crippen molar-refractivity contribution in [1.29, 1.82) is 0 Å². The lowest BCUT2D eigenvalue weighted by Crippen LogP contribution is -2.07. The zero-order valence-electron chi connectivity index (χ0n) is 11.6. The number of nitro groups is 1. The van der Waals surface area contributed by atoms with Gasteiger partial charge < -0.3 is 5.32 Å². The number of halogens is 2. The van der Waals surface area contributed by atoms with Gasteiger partial charge in [0.1, 0.15) is 17.3 Å². The fourth-order valence-corrected chi connectivity index (χ4v) is 1.95. The van der Waals surface area contributed by atoms with Crippen LogP contribution in [0.2, 0.25) is 0 Å². The Labute approximate surface area is 119 Å². The highest BCUT2D eigenvalue weighted by Gasteiger charge is 2.28. The zero-order valence-corrected chi connectivity index (χ0v) is 11.6. The first-order valence-electron chi connectivity index (χ1n) is 6.02. The van der Waals surface area contributed by atoms with E-state index in [9.17, 15) is 18.9 Å². The van der Waals surface area contributed by atoms with E-state index < -0.39 is 27.8 Å². The third kappa shape index (κ3) is 2.51. The maximum absolute atomic E-state index is 14.2. The van der Waals surface area contributed by atoms with Crippen molar-refractivity contribution in [1.82, 2.24) is 9.97 Å². The third-order valence-corrected chi connectivity index (χ3v) is 2.99. The minimum atomic E-state index is -0.915. The van der Waals surface area contributed by atoms with Crippen LogP contribution in [-0.2, 0) is 0 Å². The summed E-state index contributed by atoms with van der Waals surface area (Å²) in [6, 6.07) is 2.31. The van der Waals surface area contributed by atoms with E-state index >= 15 is 0 Å². The molecule has 0 bridgehead atoms. The standard InChI is InChI=1S/C13H12F2N4O2/c1-6-4-5-8(14)9(10(6)15)11-12(19(20)21)7(2)17-13(16-3)18-11/h4-5H,1-3H3,(H,16,17,18). The Kier molecular flexibility index (Phi) is 3.79. The van der Waals surface area contributed by atoms with Crippen molar-refractivity contribution in [2.24, 2.45) is 0 Å². The molecule has 8 heteroatoms. The molecule has 0 aliphatic carbocycles. The molecule has 21 heavy (non-hydrogen) atoms. The summed E-state index contributed by atoms with van der Waals surface area (Å²) in [5.74, 6) is -1.74. The Balaban J connectivity index is 2.89. The molecule has 0 saturated carbocycles. The highest BCUT2D eigenvalue weighted by atomic mass is 19.1. The van der Waals surface area contributed by atoms with Crippen LogP contribution in [0, 0.1) is 35.6 Å². The second-order valence-electron chi connectivity index (χ2n) is 4.39. The molecule has 0 saturated heterocycles. The molecule has 0 unspecified atom stereocenters. The fourth-order valence-electron chi connectivity index (χ4n) is 1.95. The van der Waals surface area contributed by atoms with E-state index in [1.807, 2.05) is 0 Å². The van der Waals surface area contributed by atoms with Gasteiger partial charge in [-0.2, -0.15) is 0 Å². The maximum atomic E-state index is 14.2. The number of benzene rings is 1. The van der Waals surface area contributed by atoms with Crippen molar-refractivity contribution in [2.45, 2.75) is 13.8 Å². The van der Waals surface area contributed by atoms with Crippen LogP contribution in [-0.4, -0.2) is 21.9 Å². The predicted molar refractivity (Wildman–Crippen MR) is 73.1 cm³/mol. The van der Waals surface area contributed by atoms with Crippen LogP contribution >= 0.6 is 0 Å². The van der Waals surface area contributed by atoms with E-state index in [2.05, 4.69) is 15.3 Å². The van der Waals surface area contributed by atoms with E-state index in [0.29, 0.717) is 0 Å². The van der Waals surface area contributed by atoms with Crippen molar-refractivity contribution in [3.63, 3.8) is 0 Å². The molecule has 1 heterocycles. The summed E-state index contributed by atoms with van der Waals surface area (Å²) in [6.07, 6.45) is 0. The summed E-state index contributed by atoms with van der Waals surface area (Å²) in [7, 11) is 1.51. The number of anilines is 1. The molecule has 2 rings (SSSR count). The fraction of sp³-hybridized carbons (Fsp3) is 0.231. The Morgan fingerprint density at radius 1 is 1.24 bits per heavy atom. The Morgan fingerprint density at radius 2 is 1.90 bits per heavy atom. The molecular weight excluding hydrogens is 282 g/mol. The van der Waals surface area contributed by atoms with Gasteiger partial charge in [-0.05, 0) is 25.5 Å². The number of aromatic nitrogens is 2. The lowest BCUT2D eigenvalue weighted by Gasteiger charge is -2.10. The molecule has 1 N–H and O–H groups in total. The van der Waals surface area contributed by atoms with Gasteiger partial charge >= 0.3 is 5.69 Å². The number of nitrogens with zero attached hydrogens (tertiary/aromatic N) is 3. The second kappa shape index (κ2) is 5.39. The quantitative estimate of drug-likeness (QED) is 0.695. The van der Waals surface area contributed by atoms with Crippen LogP contribution in [0.5, 0.6) is 0 Å². The van der Waals surface area contributed by atoms with E-state index in [4.69, 9.17) is 0 Å². The summed E-state index contributed by atoms with van der Waals surface area (Å²) in [4.78, 5) is 18.2. The van der Waals surface area contributed by atoms with Gasteiger partial charge in [0.2, 0.25) is 5.95 Å². The molecule has 0 amide bonds. The highest BCUT2D eigenvalue weighted by molar-refractivity contribution is 5.73. The molecule has 2 aromatic rings. The summed E-state index contributed by atoms with van der Waals surface area (Å²) in [5.41, 5.74) is -1.23. The van der Waals surface area contributed by atoms with Gasteiger partial charge in [0.05, 0.1) is 10.5 Å². The molecule has 0 aliphatic rings. The van der Waals surface area contributed by atoms with Crippen molar-refractivity contribution in [3.05, 3.63) is 45.1 Å². The Morgan fingerprint density at radius 3 is 2.48 bits per heavy atom. The summed E-state index contributed by atoms with van der Waals surface area (Å²) < 4.78 is 28.2.